The Labute approximate surface area is 62.3 Å². The number of hydrogen-bond acceptors (Lipinski definition) is 3. The molecule has 1 N–H and O–H groups in total. The third-order valence-corrected chi connectivity index (χ3v) is 0.641. The average molecular weight is 149 g/mol. The van der Waals surface area contributed by atoms with Gasteiger partial charge in [-0.3, -0.25) is 4.84 Å². The average Bonchev–Trinajstić information content (AvgIpc) is 1.59. The second kappa shape index (κ2) is 3.44. The number of hydroxylamine groups is 1. The highest BCUT2D eigenvalue weighted by Crippen LogP contribution is 2.04. The van der Waals surface area contributed by atoms with Crippen LogP contribution in [0.5, 0.6) is 0 Å². The lowest BCUT2D eigenvalue weighted by molar-refractivity contribution is -0.0745. The molecule has 0 bridgehead atoms. The van der Waals surface area contributed by atoms with Gasteiger partial charge in [-0.2, -0.15) is 18.1 Å². The van der Waals surface area contributed by atoms with Crippen molar-refractivity contribution < 1.29 is 4.84 Å². The molecule has 0 rings (SSSR count). The molecule has 1 unspecified atom stereocenters. The van der Waals surface area contributed by atoms with E-state index in [2.05, 4.69) is 18.1 Å². The molecule has 0 aromatic rings. The van der Waals surface area contributed by atoms with Crippen molar-refractivity contribution >= 4 is 12.6 Å². The van der Waals surface area contributed by atoms with Crippen molar-refractivity contribution in [2.75, 3.05) is 0 Å². The van der Waals surface area contributed by atoms with Crippen LogP contribution in [-0.4, -0.2) is 11.0 Å². The summed E-state index contributed by atoms with van der Waals surface area (Å²) in [5.41, 5.74) is 2.62. The molecule has 0 aromatic heterocycles. The van der Waals surface area contributed by atoms with Gasteiger partial charge in [0, 0.05) is 0 Å². The summed E-state index contributed by atoms with van der Waals surface area (Å²) in [7, 11) is 0. The molecule has 0 radical (unpaired) electrons. The van der Waals surface area contributed by atoms with E-state index in [-0.39, 0.29) is 11.0 Å². The molecule has 0 saturated heterocycles. The Bertz CT molecular complexity index is 77.6. The topological polar surface area (TPSA) is 21.3 Å². The van der Waals surface area contributed by atoms with Crippen molar-refractivity contribution in [3.63, 3.8) is 0 Å². The third kappa shape index (κ3) is 8.27. The maximum absolute atomic E-state index is 5.16. The molecule has 1 atom stereocenters. The molecular weight excluding hydrogens is 134 g/mol. The van der Waals surface area contributed by atoms with Gasteiger partial charge in [-0.15, -0.1) is 0 Å². The normalized spacial score (nSPS) is 15.7. The molecule has 9 heavy (non-hydrogen) atoms. The lowest BCUT2D eigenvalue weighted by atomic mass is 10.2. The van der Waals surface area contributed by atoms with E-state index < -0.39 is 0 Å². The molecule has 0 aliphatic rings. The van der Waals surface area contributed by atoms with Crippen LogP contribution in [0.4, 0.5) is 0 Å². The van der Waals surface area contributed by atoms with Gasteiger partial charge >= 0.3 is 0 Å². The Morgan fingerprint density at radius 1 is 1.44 bits per heavy atom. The van der Waals surface area contributed by atoms with Gasteiger partial charge in [-0.25, -0.2) is 0 Å². The predicted molar refractivity (Wildman–Crippen MR) is 42.4 cm³/mol. The maximum atomic E-state index is 5.16. The summed E-state index contributed by atoms with van der Waals surface area (Å²) < 4.78 is 0. The zero-order valence-corrected chi connectivity index (χ0v) is 7.33. The first-order valence-corrected chi connectivity index (χ1v) is 3.55. The number of hydrogen-bond donors (Lipinski definition) is 2. The third-order valence-electron chi connectivity index (χ3n) is 0.536. The van der Waals surface area contributed by atoms with E-state index in [0.29, 0.717) is 0 Å². The van der Waals surface area contributed by atoms with Crippen LogP contribution in [0.25, 0.3) is 0 Å². The van der Waals surface area contributed by atoms with Crippen molar-refractivity contribution in [2.24, 2.45) is 0 Å². The molecule has 0 aromatic carbocycles. The molecule has 0 amide bonds. The predicted octanol–water partition coefficient (Wildman–Crippen LogP) is 1.58. The highest BCUT2D eigenvalue weighted by Gasteiger charge is 2.10. The Morgan fingerprint density at radius 2 is 1.89 bits per heavy atom. The van der Waals surface area contributed by atoms with E-state index in [1.807, 2.05) is 27.7 Å². The van der Waals surface area contributed by atoms with Crippen molar-refractivity contribution in [3.05, 3.63) is 0 Å². The first kappa shape index (κ1) is 9.27. The monoisotopic (exact) mass is 149 g/mol. The Kier molecular flexibility index (Phi) is 3.54. The van der Waals surface area contributed by atoms with Crippen LogP contribution in [0.15, 0.2) is 0 Å². The quantitative estimate of drug-likeness (QED) is 0.353. The number of rotatable bonds is 2. The highest BCUT2D eigenvalue weighted by molar-refractivity contribution is 7.80. The van der Waals surface area contributed by atoms with Gasteiger partial charge in [0.25, 0.3) is 0 Å². The lowest BCUT2D eigenvalue weighted by Gasteiger charge is -2.20. The van der Waals surface area contributed by atoms with E-state index in [0.717, 1.165) is 0 Å². The molecule has 0 saturated carbocycles. The minimum Gasteiger partial charge on any atom is -0.295 e. The minimum absolute atomic E-state index is 0.0872. The summed E-state index contributed by atoms with van der Waals surface area (Å²) in [5.74, 6) is 0. The largest absolute Gasteiger partial charge is 0.295 e. The highest BCUT2D eigenvalue weighted by atomic mass is 32.1. The van der Waals surface area contributed by atoms with Gasteiger partial charge < -0.3 is 0 Å². The second-order valence-electron chi connectivity index (χ2n) is 3.01. The smallest absolute Gasteiger partial charge is 0.0813 e. The molecule has 2 nitrogen and oxygen atoms in total. The lowest BCUT2D eigenvalue weighted by Crippen LogP contribution is -2.32. The number of thiol groups is 1. The van der Waals surface area contributed by atoms with E-state index in [4.69, 9.17) is 4.84 Å². The van der Waals surface area contributed by atoms with Crippen molar-refractivity contribution in [2.45, 2.75) is 38.7 Å². The first-order chi connectivity index (χ1) is 3.92. The van der Waals surface area contributed by atoms with Crippen LogP contribution < -0.4 is 5.48 Å². The van der Waals surface area contributed by atoms with Gasteiger partial charge in [0.1, 0.15) is 0 Å². The molecule has 0 fully saturated rings. The van der Waals surface area contributed by atoms with Crippen molar-refractivity contribution in [1.29, 1.82) is 0 Å². The van der Waals surface area contributed by atoms with E-state index in [1.165, 1.54) is 0 Å². The number of nitrogens with one attached hydrogen (secondary N) is 1. The minimum atomic E-state index is -0.128. The zero-order valence-electron chi connectivity index (χ0n) is 6.43. The van der Waals surface area contributed by atoms with Gasteiger partial charge in [0.15, 0.2) is 0 Å². The van der Waals surface area contributed by atoms with Crippen LogP contribution in [0.2, 0.25) is 0 Å². The summed E-state index contributed by atoms with van der Waals surface area (Å²) in [6.45, 7) is 7.86. The molecular formula is C6H15NOS. The Morgan fingerprint density at radius 3 is 2.00 bits per heavy atom. The summed E-state index contributed by atoms with van der Waals surface area (Å²) in [5, 5.41) is 0.0872. The fraction of sp³-hybridized carbons (Fsp3) is 1.00. The summed E-state index contributed by atoms with van der Waals surface area (Å²) in [4.78, 5) is 5.16. The standard InChI is InChI=1S/C6H15NOS/c1-5(9)7-8-6(2,3)4/h5,7,9H,1-4H3. The van der Waals surface area contributed by atoms with Crippen molar-refractivity contribution in [3.8, 4) is 0 Å². The van der Waals surface area contributed by atoms with E-state index >= 15 is 0 Å². The molecule has 3 heteroatoms. The summed E-state index contributed by atoms with van der Waals surface area (Å²) in [6.07, 6.45) is 0. The van der Waals surface area contributed by atoms with Crippen molar-refractivity contribution in [1.82, 2.24) is 5.48 Å². The van der Waals surface area contributed by atoms with Gasteiger partial charge in [-0.1, -0.05) is 0 Å². The maximum Gasteiger partial charge on any atom is 0.0813 e. The fourth-order valence-corrected chi connectivity index (χ4v) is 0.315. The van der Waals surface area contributed by atoms with Gasteiger partial charge in [0.05, 0.1) is 11.0 Å². The molecule has 0 heterocycles. The Hall–Kier alpha value is 0.270. The Balaban J connectivity index is 3.28. The molecule has 0 aliphatic carbocycles. The second-order valence-corrected chi connectivity index (χ2v) is 3.78. The van der Waals surface area contributed by atoms with E-state index in [9.17, 15) is 0 Å². The van der Waals surface area contributed by atoms with Crippen LogP contribution in [0, 0.1) is 0 Å². The van der Waals surface area contributed by atoms with Crippen LogP contribution in [0.1, 0.15) is 27.7 Å². The van der Waals surface area contributed by atoms with E-state index in [1.54, 1.807) is 0 Å². The first-order valence-electron chi connectivity index (χ1n) is 3.03. The fourth-order valence-electron chi connectivity index (χ4n) is 0.262. The van der Waals surface area contributed by atoms with Gasteiger partial charge in [-0.05, 0) is 27.7 Å². The van der Waals surface area contributed by atoms with Crippen LogP contribution in [0.3, 0.4) is 0 Å². The zero-order chi connectivity index (χ0) is 7.49. The molecule has 0 aliphatic heterocycles. The van der Waals surface area contributed by atoms with Crippen LogP contribution >= 0.6 is 12.6 Å². The molecule has 0 spiro atoms. The van der Waals surface area contributed by atoms with Gasteiger partial charge in [0.2, 0.25) is 0 Å². The molecule has 56 valence electrons. The summed E-state index contributed by atoms with van der Waals surface area (Å²) in [6, 6.07) is 0. The summed E-state index contributed by atoms with van der Waals surface area (Å²) >= 11 is 4.07. The van der Waals surface area contributed by atoms with Crippen LogP contribution in [-0.2, 0) is 4.84 Å². The SMILES string of the molecule is CC(S)NOC(C)(C)C.